The Morgan fingerprint density at radius 2 is 2.09 bits per heavy atom. The summed E-state index contributed by atoms with van der Waals surface area (Å²) in [6.45, 7) is -0.625. The molecule has 5 N–H and O–H groups in total. The zero-order chi connectivity index (χ0) is 16.8. The lowest BCUT2D eigenvalue weighted by Gasteiger charge is -2.16. The van der Waals surface area contributed by atoms with Crippen molar-refractivity contribution in [1.29, 1.82) is 0 Å². The van der Waals surface area contributed by atoms with Crippen LogP contribution in [0, 0.1) is 0 Å². The summed E-state index contributed by atoms with van der Waals surface area (Å²) in [6, 6.07) is 0. The molecule has 0 saturated carbocycles. The average Bonchev–Trinajstić information content (AvgIpc) is 3.01. The molecule has 1 fully saturated rings. The number of aromatic amines is 1. The lowest BCUT2D eigenvalue weighted by molar-refractivity contribution is -0.0504. The van der Waals surface area contributed by atoms with Crippen molar-refractivity contribution in [3.8, 4) is 0 Å². The molecule has 0 amide bonds. The van der Waals surface area contributed by atoms with Crippen molar-refractivity contribution in [3.63, 3.8) is 0 Å². The first-order valence-electron chi connectivity index (χ1n) is 6.40. The maximum atomic E-state index is 11.6. The summed E-state index contributed by atoms with van der Waals surface area (Å²) < 4.78 is 21.6. The van der Waals surface area contributed by atoms with Gasteiger partial charge >= 0.3 is 7.82 Å². The van der Waals surface area contributed by atoms with E-state index in [1.807, 2.05) is 0 Å². The Morgan fingerprint density at radius 1 is 1.35 bits per heavy atom. The van der Waals surface area contributed by atoms with E-state index in [9.17, 15) is 19.6 Å². The van der Waals surface area contributed by atoms with E-state index < -0.39 is 44.5 Å². The number of aromatic nitrogens is 4. The topological polar surface area (TPSA) is 180 Å². The van der Waals surface area contributed by atoms with Crippen molar-refractivity contribution in [2.45, 2.75) is 24.5 Å². The van der Waals surface area contributed by atoms with E-state index in [0.717, 1.165) is 6.33 Å². The number of hydrogen-bond acceptors (Lipinski definition) is 8. The lowest BCUT2D eigenvalue weighted by Crippen LogP contribution is -2.33. The van der Waals surface area contributed by atoms with Crippen LogP contribution in [0.2, 0.25) is 0 Å². The van der Waals surface area contributed by atoms with Gasteiger partial charge in [-0.1, -0.05) is 0 Å². The number of phosphoric acid groups is 1. The molecule has 23 heavy (non-hydrogen) atoms. The van der Waals surface area contributed by atoms with Crippen molar-refractivity contribution in [2.75, 3.05) is 6.61 Å². The summed E-state index contributed by atoms with van der Waals surface area (Å²) >= 11 is 0. The highest BCUT2D eigenvalue weighted by Gasteiger charge is 2.45. The van der Waals surface area contributed by atoms with Crippen LogP contribution in [-0.4, -0.2) is 64.4 Å². The van der Waals surface area contributed by atoms with Crippen molar-refractivity contribution < 1.29 is 33.8 Å². The number of aliphatic hydroxyl groups excluding tert-OH is 2. The third kappa shape index (κ3) is 3.05. The molecule has 3 rings (SSSR count). The highest BCUT2D eigenvalue weighted by molar-refractivity contribution is 7.46. The summed E-state index contributed by atoms with van der Waals surface area (Å²) in [5, 5.41) is 20.0. The van der Waals surface area contributed by atoms with Gasteiger partial charge in [-0.2, -0.15) is 0 Å². The van der Waals surface area contributed by atoms with Crippen LogP contribution in [0.25, 0.3) is 11.2 Å². The zero-order valence-electron chi connectivity index (χ0n) is 11.4. The van der Waals surface area contributed by atoms with Gasteiger partial charge in [0.25, 0.3) is 5.56 Å². The van der Waals surface area contributed by atoms with E-state index >= 15 is 0 Å². The number of hydrogen-bond donors (Lipinski definition) is 5. The van der Waals surface area contributed by atoms with E-state index in [0.29, 0.717) is 0 Å². The Kier molecular flexibility index (Phi) is 4.06. The molecule has 12 nitrogen and oxygen atoms in total. The molecule has 1 aliphatic rings. The second-order valence-electron chi connectivity index (χ2n) is 4.89. The molecule has 0 spiro atoms. The largest absolute Gasteiger partial charge is 0.469 e. The second kappa shape index (κ2) is 5.76. The molecule has 13 heteroatoms. The highest BCUT2D eigenvalue weighted by Crippen LogP contribution is 2.38. The van der Waals surface area contributed by atoms with Gasteiger partial charge in [-0.15, -0.1) is 0 Å². The third-order valence-corrected chi connectivity index (χ3v) is 3.87. The monoisotopic (exact) mass is 348 g/mol. The summed E-state index contributed by atoms with van der Waals surface area (Å²) in [5.74, 6) is 0. The van der Waals surface area contributed by atoms with E-state index in [4.69, 9.17) is 14.5 Å². The quantitative estimate of drug-likeness (QED) is 0.382. The van der Waals surface area contributed by atoms with Crippen LogP contribution in [0.15, 0.2) is 17.4 Å². The standard InChI is InChI=1S/C10H13N4O8P/c15-6-4(1-21-23(18,19)20)22-10(7(6)16)14-3-13-5-8(14)11-2-12-9(5)17/h2-4,6-7,10,15-16H,1H2,(H,11,12,17)(H2,18,19,20)/t4?,6?,7?,10-/m1/s1. The molecule has 4 atom stereocenters. The number of rotatable bonds is 4. The van der Waals surface area contributed by atoms with Crippen molar-refractivity contribution >= 4 is 19.0 Å². The van der Waals surface area contributed by atoms with Gasteiger partial charge in [0, 0.05) is 0 Å². The normalized spacial score (nSPS) is 28.5. The smallest absolute Gasteiger partial charge is 0.387 e. The molecule has 2 aromatic heterocycles. The minimum atomic E-state index is -4.74. The Labute approximate surface area is 127 Å². The van der Waals surface area contributed by atoms with Crippen LogP contribution in [0.1, 0.15) is 6.23 Å². The molecule has 126 valence electrons. The number of imidazole rings is 1. The molecular weight excluding hydrogens is 335 g/mol. The zero-order valence-corrected chi connectivity index (χ0v) is 12.3. The molecule has 0 bridgehead atoms. The number of nitrogens with zero attached hydrogens (tertiary/aromatic N) is 3. The average molecular weight is 348 g/mol. The van der Waals surface area contributed by atoms with Gasteiger partial charge in [0.2, 0.25) is 0 Å². The van der Waals surface area contributed by atoms with Gasteiger partial charge in [0.15, 0.2) is 17.4 Å². The van der Waals surface area contributed by atoms with Crippen LogP contribution in [-0.2, 0) is 13.8 Å². The first-order chi connectivity index (χ1) is 10.8. The number of H-pyrrole nitrogens is 1. The Hall–Kier alpha value is -1.66. The molecule has 3 unspecified atom stereocenters. The Morgan fingerprint density at radius 3 is 2.78 bits per heavy atom. The van der Waals surface area contributed by atoms with E-state index in [2.05, 4.69) is 19.5 Å². The van der Waals surface area contributed by atoms with E-state index in [1.54, 1.807) is 0 Å². The first kappa shape index (κ1) is 16.2. The molecule has 1 saturated heterocycles. The van der Waals surface area contributed by atoms with Crippen LogP contribution in [0.3, 0.4) is 0 Å². The predicted molar refractivity (Wildman–Crippen MR) is 72.1 cm³/mol. The highest BCUT2D eigenvalue weighted by atomic mass is 31.2. The Bertz CT molecular complexity index is 815. The van der Waals surface area contributed by atoms with Crippen molar-refractivity contribution in [3.05, 3.63) is 23.0 Å². The molecule has 3 heterocycles. The Balaban J connectivity index is 1.87. The summed E-state index contributed by atoms with van der Waals surface area (Å²) in [6.07, 6.45) is -2.85. The number of phosphoric ester groups is 1. The maximum Gasteiger partial charge on any atom is 0.469 e. The predicted octanol–water partition coefficient (Wildman–Crippen LogP) is -2.15. The molecule has 0 aromatic carbocycles. The minimum Gasteiger partial charge on any atom is -0.387 e. The van der Waals surface area contributed by atoms with Gasteiger partial charge in [-0.05, 0) is 0 Å². The molecule has 1 aliphatic heterocycles. The first-order valence-corrected chi connectivity index (χ1v) is 7.93. The maximum absolute atomic E-state index is 11.6. The molecular formula is C10H13N4O8P. The second-order valence-corrected chi connectivity index (χ2v) is 6.13. The SMILES string of the molecule is O=c1[nH]cnc2c1ncn2[C@@H]1OC(COP(=O)(O)O)C(O)C1O. The number of aliphatic hydroxyl groups is 2. The summed E-state index contributed by atoms with van der Waals surface area (Å²) in [5.41, 5.74) is -0.336. The van der Waals surface area contributed by atoms with Gasteiger partial charge < -0.3 is 29.7 Å². The van der Waals surface area contributed by atoms with Gasteiger partial charge in [-0.25, -0.2) is 14.5 Å². The minimum absolute atomic E-state index is 0.0210. The fraction of sp³-hybridized carbons (Fsp3) is 0.500. The lowest BCUT2D eigenvalue weighted by atomic mass is 10.1. The third-order valence-electron chi connectivity index (χ3n) is 3.38. The summed E-state index contributed by atoms with van der Waals surface area (Å²) in [7, 11) is -4.74. The van der Waals surface area contributed by atoms with Gasteiger partial charge in [-0.3, -0.25) is 13.9 Å². The fourth-order valence-corrected chi connectivity index (χ4v) is 2.66. The molecule has 0 radical (unpaired) electrons. The van der Waals surface area contributed by atoms with Crippen LogP contribution < -0.4 is 5.56 Å². The summed E-state index contributed by atoms with van der Waals surface area (Å²) in [4.78, 5) is 39.1. The number of fused-ring (bicyclic) bond motifs is 1. The van der Waals surface area contributed by atoms with Gasteiger partial charge in [0.1, 0.15) is 18.3 Å². The van der Waals surface area contributed by atoms with Crippen LogP contribution >= 0.6 is 7.82 Å². The number of nitrogens with one attached hydrogen (secondary N) is 1. The molecule has 0 aliphatic carbocycles. The van der Waals surface area contributed by atoms with E-state index in [-0.39, 0.29) is 11.2 Å². The van der Waals surface area contributed by atoms with Crippen LogP contribution in [0.5, 0.6) is 0 Å². The van der Waals surface area contributed by atoms with Crippen molar-refractivity contribution in [1.82, 2.24) is 19.5 Å². The van der Waals surface area contributed by atoms with Gasteiger partial charge in [0.05, 0.1) is 19.3 Å². The van der Waals surface area contributed by atoms with E-state index in [1.165, 1.54) is 10.9 Å². The molecule has 2 aromatic rings. The van der Waals surface area contributed by atoms with Crippen molar-refractivity contribution in [2.24, 2.45) is 0 Å². The van der Waals surface area contributed by atoms with Crippen LogP contribution in [0.4, 0.5) is 0 Å². The number of ether oxygens (including phenoxy) is 1. The fourth-order valence-electron chi connectivity index (χ4n) is 2.32.